The normalized spacial score (nSPS) is 11.5. The zero-order chi connectivity index (χ0) is 12.3. The van der Waals surface area contributed by atoms with Crippen LogP contribution in [0.4, 0.5) is 0 Å². The molecule has 0 aliphatic carbocycles. The summed E-state index contributed by atoms with van der Waals surface area (Å²) < 4.78 is 0. The molecule has 2 rings (SSSR count). The molecule has 0 amide bonds. The van der Waals surface area contributed by atoms with Gasteiger partial charge in [-0.05, 0) is 23.0 Å². The molecule has 0 radical (unpaired) electrons. The van der Waals surface area contributed by atoms with Crippen molar-refractivity contribution in [3.05, 3.63) is 48.5 Å². The van der Waals surface area contributed by atoms with Crippen LogP contribution >= 0.6 is 0 Å². The van der Waals surface area contributed by atoms with Gasteiger partial charge in [0.15, 0.2) is 0 Å². The van der Waals surface area contributed by atoms with Gasteiger partial charge in [-0.25, -0.2) is 9.97 Å². The molecule has 2 nitrogen and oxygen atoms in total. The van der Waals surface area contributed by atoms with Crippen LogP contribution in [0.25, 0.3) is 11.1 Å². The summed E-state index contributed by atoms with van der Waals surface area (Å²) in [5.41, 5.74) is 3.93. The summed E-state index contributed by atoms with van der Waals surface area (Å²) in [6.45, 7) is 6.77. The van der Waals surface area contributed by atoms with Crippen LogP contribution < -0.4 is 0 Å². The van der Waals surface area contributed by atoms with Gasteiger partial charge in [0.25, 0.3) is 0 Å². The van der Waals surface area contributed by atoms with Crippen molar-refractivity contribution >= 4 is 0 Å². The minimum Gasteiger partial charge on any atom is -0.244 e. The Hall–Kier alpha value is -1.70. The largest absolute Gasteiger partial charge is 0.244 e. The zero-order valence-corrected chi connectivity index (χ0v) is 10.6. The Labute approximate surface area is 103 Å². The number of aromatic nitrogens is 2. The van der Waals surface area contributed by atoms with E-state index in [0.717, 1.165) is 12.0 Å². The van der Waals surface area contributed by atoms with E-state index in [4.69, 9.17) is 0 Å². The lowest BCUT2D eigenvalue weighted by molar-refractivity contribution is 0.411. The smallest absolute Gasteiger partial charge is 0.115 e. The van der Waals surface area contributed by atoms with Gasteiger partial charge >= 0.3 is 0 Å². The highest BCUT2D eigenvalue weighted by atomic mass is 14.8. The molecule has 2 heteroatoms. The van der Waals surface area contributed by atoms with E-state index in [9.17, 15) is 0 Å². The Morgan fingerprint density at radius 2 is 1.71 bits per heavy atom. The van der Waals surface area contributed by atoms with Crippen molar-refractivity contribution in [1.29, 1.82) is 0 Å². The minimum absolute atomic E-state index is 0.311. The molecule has 0 N–H and O–H groups in total. The summed E-state index contributed by atoms with van der Waals surface area (Å²) in [7, 11) is 0. The quantitative estimate of drug-likeness (QED) is 0.779. The Kier molecular flexibility index (Phi) is 3.23. The fourth-order valence-corrected chi connectivity index (χ4v) is 1.92. The van der Waals surface area contributed by atoms with Crippen molar-refractivity contribution in [3.8, 4) is 11.1 Å². The van der Waals surface area contributed by atoms with Gasteiger partial charge in [-0.15, -0.1) is 0 Å². The second-order valence-corrected chi connectivity index (χ2v) is 5.56. The van der Waals surface area contributed by atoms with Crippen LogP contribution in [-0.4, -0.2) is 9.97 Å². The average molecular weight is 226 g/mol. The molecule has 0 saturated heterocycles. The topological polar surface area (TPSA) is 25.8 Å². The summed E-state index contributed by atoms with van der Waals surface area (Å²) in [4.78, 5) is 8.11. The summed E-state index contributed by atoms with van der Waals surface area (Å²) in [5, 5.41) is 0. The van der Waals surface area contributed by atoms with Crippen LogP contribution in [0.2, 0.25) is 0 Å². The molecule has 0 unspecified atom stereocenters. The fraction of sp³-hybridized carbons (Fsp3) is 0.333. The van der Waals surface area contributed by atoms with Crippen molar-refractivity contribution in [1.82, 2.24) is 9.97 Å². The second-order valence-electron chi connectivity index (χ2n) is 5.56. The Morgan fingerprint density at radius 3 is 2.35 bits per heavy atom. The van der Waals surface area contributed by atoms with Gasteiger partial charge in [-0.1, -0.05) is 45.0 Å². The highest BCUT2D eigenvalue weighted by Gasteiger charge is 2.11. The summed E-state index contributed by atoms with van der Waals surface area (Å²) >= 11 is 0. The van der Waals surface area contributed by atoms with E-state index in [0.29, 0.717) is 5.41 Å². The Balaban J connectivity index is 2.29. The Bertz CT molecular complexity index is 484. The summed E-state index contributed by atoms with van der Waals surface area (Å²) in [6.07, 6.45) is 6.34. The van der Waals surface area contributed by atoms with Gasteiger partial charge < -0.3 is 0 Å². The molecule has 1 aromatic carbocycles. The Morgan fingerprint density at radius 1 is 1.00 bits per heavy atom. The van der Waals surface area contributed by atoms with E-state index in [1.54, 1.807) is 6.33 Å². The monoisotopic (exact) mass is 226 g/mol. The molecule has 1 aromatic heterocycles. The van der Waals surface area contributed by atoms with Crippen molar-refractivity contribution < 1.29 is 0 Å². The van der Waals surface area contributed by atoms with Crippen molar-refractivity contribution in [2.24, 2.45) is 5.41 Å². The first kappa shape index (κ1) is 11.8. The van der Waals surface area contributed by atoms with E-state index < -0.39 is 0 Å². The van der Waals surface area contributed by atoms with Gasteiger partial charge in [0.2, 0.25) is 0 Å². The SMILES string of the molecule is CC(C)(C)Cc1cccc(-c2cncnc2)c1. The van der Waals surface area contributed by atoms with Gasteiger partial charge in [0.05, 0.1) is 0 Å². The van der Waals surface area contributed by atoms with Gasteiger partial charge in [-0.3, -0.25) is 0 Å². The molecule has 2 aromatic rings. The van der Waals surface area contributed by atoms with Crippen molar-refractivity contribution in [2.45, 2.75) is 27.2 Å². The van der Waals surface area contributed by atoms with Crippen LogP contribution in [0.15, 0.2) is 43.0 Å². The highest BCUT2D eigenvalue weighted by Crippen LogP contribution is 2.24. The van der Waals surface area contributed by atoms with E-state index in [-0.39, 0.29) is 0 Å². The van der Waals surface area contributed by atoms with Crippen LogP contribution in [0.3, 0.4) is 0 Å². The summed E-state index contributed by atoms with van der Waals surface area (Å²) in [6, 6.07) is 8.61. The fourth-order valence-electron chi connectivity index (χ4n) is 1.92. The first-order valence-corrected chi connectivity index (χ1v) is 5.89. The van der Waals surface area contributed by atoms with Crippen molar-refractivity contribution in [2.75, 3.05) is 0 Å². The molecule has 0 atom stereocenters. The first-order chi connectivity index (χ1) is 8.04. The molecular formula is C15H18N2. The molecule has 17 heavy (non-hydrogen) atoms. The maximum absolute atomic E-state index is 4.05. The van der Waals surface area contributed by atoms with Gasteiger partial charge in [-0.2, -0.15) is 0 Å². The molecule has 0 aliphatic heterocycles. The standard InChI is InChI=1S/C15H18N2/c1-15(2,3)8-12-5-4-6-13(7-12)14-9-16-11-17-10-14/h4-7,9-11H,8H2,1-3H3. The van der Waals surface area contributed by atoms with Crippen LogP contribution in [0.5, 0.6) is 0 Å². The van der Waals surface area contributed by atoms with Crippen LogP contribution in [0.1, 0.15) is 26.3 Å². The third-order valence-corrected chi connectivity index (χ3v) is 2.56. The van der Waals surface area contributed by atoms with Crippen molar-refractivity contribution in [3.63, 3.8) is 0 Å². The molecule has 88 valence electrons. The molecule has 0 spiro atoms. The highest BCUT2D eigenvalue weighted by molar-refractivity contribution is 5.62. The average Bonchev–Trinajstić information content (AvgIpc) is 2.28. The molecule has 1 heterocycles. The first-order valence-electron chi connectivity index (χ1n) is 5.89. The minimum atomic E-state index is 0.311. The molecule has 0 fully saturated rings. The number of benzene rings is 1. The predicted molar refractivity (Wildman–Crippen MR) is 70.6 cm³/mol. The van der Waals surface area contributed by atoms with E-state index in [1.807, 2.05) is 12.4 Å². The maximum atomic E-state index is 4.05. The number of hydrogen-bond acceptors (Lipinski definition) is 2. The van der Waals surface area contributed by atoms with Gasteiger partial charge in [0.1, 0.15) is 6.33 Å². The lowest BCUT2D eigenvalue weighted by Gasteiger charge is -2.18. The van der Waals surface area contributed by atoms with Crippen LogP contribution in [0, 0.1) is 5.41 Å². The lowest BCUT2D eigenvalue weighted by atomic mass is 9.87. The molecule has 0 saturated carbocycles. The third kappa shape index (κ3) is 3.38. The van der Waals surface area contributed by atoms with Gasteiger partial charge in [0, 0.05) is 18.0 Å². The van der Waals surface area contributed by atoms with E-state index in [2.05, 4.69) is 55.0 Å². The molecule has 0 bridgehead atoms. The number of rotatable bonds is 2. The number of hydrogen-bond donors (Lipinski definition) is 0. The second kappa shape index (κ2) is 4.66. The predicted octanol–water partition coefficient (Wildman–Crippen LogP) is 3.73. The van der Waals surface area contributed by atoms with Crippen LogP contribution in [-0.2, 0) is 6.42 Å². The zero-order valence-electron chi connectivity index (χ0n) is 10.6. The van der Waals surface area contributed by atoms with E-state index in [1.165, 1.54) is 11.1 Å². The molecule has 0 aliphatic rings. The lowest BCUT2D eigenvalue weighted by Crippen LogP contribution is -2.08. The summed E-state index contributed by atoms with van der Waals surface area (Å²) in [5.74, 6) is 0. The van der Waals surface area contributed by atoms with E-state index >= 15 is 0 Å². The maximum Gasteiger partial charge on any atom is 0.115 e. The molecular weight excluding hydrogens is 208 g/mol. The number of nitrogens with zero attached hydrogens (tertiary/aromatic N) is 2. The third-order valence-electron chi connectivity index (χ3n) is 2.56.